The van der Waals surface area contributed by atoms with Crippen molar-refractivity contribution in [2.24, 2.45) is 0 Å². The Morgan fingerprint density at radius 3 is 2.88 bits per heavy atom. The first-order valence-corrected chi connectivity index (χ1v) is 7.82. The van der Waals surface area contributed by atoms with E-state index < -0.39 is 6.09 Å². The van der Waals surface area contributed by atoms with Crippen molar-refractivity contribution in [3.8, 4) is 17.0 Å². The maximum absolute atomic E-state index is 12.0. The van der Waals surface area contributed by atoms with Crippen LogP contribution in [0, 0.1) is 0 Å². The molecular formula is C16H17ClN4O3. The van der Waals surface area contributed by atoms with E-state index in [2.05, 4.69) is 9.97 Å². The molecule has 8 heteroatoms. The van der Waals surface area contributed by atoms with Crippen molar-refractivity contribution in [3.05, 3.63) is 34.5 Å². The highest BCUT2D eigenvalue weighted by atomic mass is 35.5. The monoisotopic (exact) mass is 348 g/mol. The van der Waals surface area contributed by atoms with Gasteiger partial charge >= 0.3 is 6.09 Å². The summed E-state index contributed by atoms with van der Waals surface area (Å²) in [4.78, 5) is 22.2. The second-order valence-electron chi connectivity index (χ2n) is 5.23. The molecule has 1 aliphatic rings. The van der Waals surface area contributed by atoms with Crippen LogP contribution >= 0.6 is 11.6 Å². The number of rotatable bonds is 3. The lowest BCUT2D eigenvalue weighted by Crippen LogP contribution is -2.26. The number of anilines is 1. The van der Waals surface area contributed by atoms with Crippen LogP contribution in [0.1, 0.15) is 18.2 Å². The summed E-state index contributed by atoms with van der Waals surface area (Å²) < 4.78 is 10.5. The number of amides is 1. The predicted octanol–water partition coefficient (Wildman–Crippen LogP) is 2.86. The molecule has 126 valence electrons. The van der Waals surface area contributed by atoms with E-state index in [1.807, 2.05) is 0 Å². The smallest absolute Gasteiger partial charge is 0.410 e. The SMILES string of the molecule is CCOC(=O)N1Cc2nc(N)nc(-c3c(Cl)cccc3OC)c2C1. The van der Waals surface area contributed by atoms with Crippen LogP contribution in [0.2, 0.25) is 5.02 Å². The van der Waals surface area contributed by atoms with E-state index in [1.165, 1.54) is 0 Å². The average Bonchev–Trinajstić information content (AvgIpc) is 2.98. The van der Waals surface area contributed by atoms with Crippen molar-refractivity contribution < 1.29 is 14.3 Å². The van der Waals surface area contributed by atoms with E-state index in [0.717, 1.165) is 5.56 Å². The minimum atomic E-state index is -0.397. The molecule has 1 aromatic heterocycles. The quantitative estimate of drug-likeness (QED) is 0.917. The average molecular weight is 349 g/mol. The third-order valence-electron chi connectivity index (χ3n) is 3.76. The van der Waals surface area contributed by atoms with Crippen LogP contribution in [0.15, 0.2) is 18.2 Å². The van der Waals surface area contributed by atoms with Gasteiger partial charge in [-0.25, -0.2) is 14.8 Å². The third-order valence-corrected chi connectivity index (χ3v) is 4.07. The van der Waals surface area contributed by atoms with Gasteiger partial charge < -0.3 is 15.2 Å². The maximum atomic E-state index is 12.0. The van der Waals surface area contributed by atoms with Gasteiger partial charge in [0.05, 0.1) is 48.8 Å². The Morgan fingerprint density at radius 2 is 2.17 bits per heavy atom. The number of hydrogen-bond donors (Lipinski definition) is 1. The second-order valence-corrected chi connectivity index (χ2v) is 5.63. The largest absolute Gasteiger partial charge is 0.496 e. The molecule has 3 rings (SSSR count). The molecule has 24 heavy (non-hydrogen) atoms. The number of halogens is 1. The normalized spacial score (nSPS) is 12.9. The fraction of sp³-hybridized carbons (Fsp3) is 0.312. The summed E-state index contributed by atoms with van der Waals surface area (Å²) in [5, 5.41) is 0.490. The molecule has 1 aromatic carbocycles. The van der Waals surface area contributed by atoms with Crippen LogP contribution in [-0.2, 0) is 17.8 Å². The number of nitrogens with two attached hydrogens (primary N) is 1. The zero-order valence-electron chi connectivity index (χ0n) is 13.4. The van der Waals surface area contributed by atoms with Gasteiger partial charge in [0.25, 0.3) is 0 Å². The van der Waals surface area contributed by atoms with Gasteiger partial charge in [0, 0.05) is 5.56 Å². The number of fused-ring (bicyclic) bond motifs is 1. The van der Waals surface area contributed by atoms with Crippen LogP contribution < -0.4 is 10.5 Å². The molecule has 0 fully saturated rings. The van der Waals surface area contributed by atoms with E-state index >= 15 is 0 Å². The summed E-state index contributed by atoms with van der Waals surface area (Å²) in [6, 6.07) is 5.34. The molecule has 2 aromatic rings. The highest BCUT2D eigenvalue weighted by Gasteiger charge is 2.30. The van der Waals surface area contributed by atoms with Gasteiger partial charge in [-0.3, -0.25) is 4.90 Å². The van der Waals surface area contributed by atoms with Gasteiger partial charge in [-0.15, -0.1) is 0 Å². The molecule has 0 atom stereocenters. The summed E-state index contributed by atoms with van der Waals surface area (Å²) in [6.07, 6.45) is -0.397. The second kappa shape index (κ2) is 6.52. The summed E-state index contributed by atoms with van der Waals surface area (Å²) in [7, 11) is 1.56. The molecule has 7 nitrogen and oxygen atoms in total. The molecule has 0 unspecified atom stereocenters. The number of carbonyl (C=O) groups excluding carboxylic acids is 1. The number of methoxy groups -OCH3 is 1. The minimum absolute atomic E-state index is 0.122. The van der Waals surface area contributed by atoms with Crippen LogP contribution in [-0.4, -0.2) is 34.7 Å². The van der Waals surface area contributed by atoms with E-state index in [4.69, 9.17) is 26.8 Å². The minimum Gasteiger partial charge on any atom is -0.496 e. The number of aromatic nitrogens is 2. The Bertz CT molecular complexity index is 797. The van der Waals surface area contributed by atoms with Crippen LogP contribution in [0.4, 0.5) is 10.7 Å². The molecule has 0 bridgehead atoms. The maximum Gasteiger partial charge on any atom is 0.410 e. The zero-order valence-corrected chi connectivity index (χ0v) is 14.1. The number of hydrogen-bond acceptors (Lipinski definition) is 6. The Labute approximate surface area is 144 Å². The van der Waals surface area contributed by atoms with Gasteiger partial charge in [0.1, 0.15) is 5.75 Å². The first kappa shape index (κ1) is 16.3. The van der Waals surface area contributed by atoms with Crippen molar-refractivity contribution in [2.75, 3.05) is 19.5 Å². The van der Waals surface area contributed by atoms with Gasteiger partial charge in [0.2, 0.25) is 5.95 Å². The van der Waals surface area contributed by atoms with Crippen molar-refractivity contribution in [3.63, 3.8) is 0 Å². The standard InChI is InChI=1S/C16H17ClN4O3/c1-3-24-16(22)21-7-9-11(8-21)19-15(18)20-14(9)13-10(17)5-4-6-12(13)23-2/h4-6H,3,7-8H2,1-2H3,(H2,18,19,20). The fourth-order valence-electron chi connectivity index (χ4n) is 2.73. The van der Waals surface area contributed by atoms with E-state index in [1.54, 1.807) is 37.1 Å². The summed E-state index contributed by atoms with van der Waals surface area (Å²) in [5.41, 5.74) is 8.55. The van der Waals surface area contributed by atoms with Crippen LogP contribution in [0.3, 0.4) is 0 Å². The highest BCUT2D eigenvalue weighted by molar-refractivity contribution is 6.33. The number of ether oxygens (including phenoxy) is 2. The van der Waals surface area contributed by atoms with Crippen molar-refractivity contribution in [2.45, 2.75) is 20.0 Å². The molecule has 1 amide bonds. The van der Waals surface area contributed by atoms with Crippen molar-refractivity contribution in [1.82, 2.24) is 14.9 Å². The van der Waals surface area contributed by atoms with Crippen LogP contribution in [0.5, 0.6) is 5.75 Å². The predicted molar refractivity (Wildman–Crippen MR) is 89.7 cm³/mol. The molecule has 0 spiro atoms. The summed E-state index contributed by atoms with van der Waals surface area (Å²) in [5.74, 6) is 0.703. The Kier molecular flexibility index (Phi) is 4.44. The lowest BCUT2D eigenvalue weighted by molar-refractivity contribution is 0.106. The fourth-order valence-corrected chi connectivity index (χ4v) is 2.98. The number of nitrogen functional groups attached to an aromatic ring is 1. The molecule has 0 aliphatic carbocycles. The number of benzene rings is 1. The molecule has 1 aliphatic heterocycles. The number of carbonyl (C=O) groups is 1. The van der Waals surface area contributed by atoms with E-state index in [0.29, 0.717) is 47.4 Å². The Balaban J connectivity index is 2.09. The summed E-state index contributed by atoms with van der Waals surface area (Å²) >= 11 is 6.36. The van der Waals surface area contributed by atoms with Gasteiger partial charge in [-0.05, 0) is 19.1 Å². The lowest BCUT2D eigenvalue weighted by Gasteiger charge is -2.15. The molecule has 0 saturated heterocycles. The zero-order chi connectivity index (χ0) is 17.3. The first-order valence-electron chi connectivity index (χ1n) is 7.45. The Hall–Kier alpha value is -2.54. The third kappa shape index (κ3) is 2.82. The lowest BCUT2D eigenvalue weighted by atomic mass is 10.0. The molecule has 2 heterocycles. The number of nitrogens with zero attached hydrogens (tertiary/aromatic N) is 3. The molecule has 0 saturated carbocycles. The Morgan fingerprint density at radius 1 is 1.38 bits per heavy atom. The van der Waals surface area contributed by atoms with Crippen molar-refractivity contribution in [1.29, 1.82) is 0 Å². The summed E-state index contributed by atoms with van der Waals surface area (Å²) in [6.45, 7) is 2.72. The van der Waals surface area contributed by atoms with Crippen LogP contribution in [0.25, 0.3) is 11.3 Å². The van der Waals surface area contributed by atoms with E-state index in [-0.39, 0.29) is 5.95 Å². The molecule has 0 radical (unpaired) electrons. The first-order chi connectivity index (χ1) is 11.5. The van der Waals surface area contributed by atoms with Gasteiger partial charge in [-0.2, -0.15) is 0 Å². The molecule has 2 N–H and O–H groups in total. The topological polar surface area (TPSA) is 90.6 Å². The van der Waals surface area contributed by atoms with Crippen molar-refractivity contribution >= 4 is 23.6 Å². The van der Waals surface area contributed by atoms with Gasteiger partial charge in [0.15, 0.2) is 0 Å². The highest BCUT2D eigenvalue weighted by Crippen LogP contribution is 2.40. The van der Waals surface area contributed by atoms with E-state index in [9.17, 15) is 4.79 Å². The van der Waals surface area contributed by atoms with Gasteiger partial charge in [-0.1, -0.05) is 17.7 Å². The molecular weight excluding hydrogens is 332 g/mol.